The predicted molar refractivity (Wildman–Crippen MR) is 71.6 cm³/mol. The van der Waals surface area contributed by atoms with Crippen LogP contribution in [0.2, 0.25) is 0 Å². The average molecular weight is 266 g/mol. The van der Waals surface area contributed by atoms with Crippen LogP contribution in [-0.4, -0.2) is 36.1 Å². The van der Waals surface area contributed by atoms with Crippen molar-refractivity contribution < 1.29 is 9.66 Å². The van der Waals surface area contributed by atoms with E-state index in [0.29, 0.717) is 18.8 Å². The molecule has 7 heteroatoms. The second kappa shape index (κ2) is 6.46. The lowest BCUT2D eigenvalue weighted by molar-refractivity contribution is -0.384. The van der Waals surface area contributed by atoms with Crippen molar-refractivity contribution in [1.82, 2.24) is 4.90 Å². The number of hydrogen-bond donors (Lipinski definition) is 2. The summed E-state index contributed by atoms with van der Waals surface area (Å²) in [6.07, 6.45) is 0.991. The molecule has 0 atom stereocenters. The Kier molecular flexibility index (Phi) is 4.67. The molecule has 2 rings (SSSR count). The number of hydrogen-bond acceptors (Lipinski definition) is 6. The molecule has 0 aliphatic carbocycles. The fourth-order valence-electron chi connectivity index (χ4n) is 2.16. The number of nitrogens with zero attached hydrogens (tertiary/aromatic N) is 2. The molecule has 1 aliphatic rings. The first-order valence-electron chi connectivity index (χ1n) is 6.25. The molecule has 0 radical (unpaired) electrons. The highest BCUT2D eigenvalue weighted by molar-refractivity contribution is 5.61. The molecule has 0 amide bonds. The van der Waals surface area contributed by atoms with Gasteiger partial charge in [0, 0.05) is 32.3 Å². The van der Waals surface area contributed by atoms with Gasteiger partial charge < -0.3 is 10.2 Å². The number of nitrogens with two attached hydrogens (primary N) is 1. The van der Waals surface area contributed by atoms with Gasteiger partial charge in [-0.25, -0.2) is 0 Å². The molecule has 1 aromatic carbocycles. The summed E-state index contributed by atoms with van der Waals surface area (Å²) in [5, 5.41) is 11.0. The number of benzene rings is 1. The van der Waals surface area contributed by atoms with Crippen LogP contribution in [0.3, 0.4) is 0 Å². The molecule has 1 aromatic rings. The molecule has 0 saturated carbocycles. The van der Waals surface area contributed by atoms with Crippen LogP contribution in [-0.2, 0) is 11.3 Å². The molecule has 1 aliphatic heterocycles. The Hall–Kier alpha value is -1.70. The summed E-state index contributed by atoms with van der Waals surface area (Å²) in [7, 11) is 0. The normalized spacial score (nSPS) is 16.9. The molecule has 1 heterocycles. The third kappa shape index (κ3) is 3.63. The fraction of sp³-hybridized carbons (Fsp3) is 0.500. The third-order valence-corrected chi connectivity index (χ3v) is 3.14. The van der Waals surface area contributed by atoms with E-state index in [1.165, 1.54) is 0 Å². The van der Waals surface area contributed by atoms with Gasteiger partial charge in [0.1, 0.15) is 5.69 Å². The van der Waals surface area contributed by atoms with Gasteiger partial charge in [-0.1, -0.05) is 6.07 Å². The Morgan fingerprint density at radius 3 is 3.00 bits per heavy atom. The lowest BCUT2D eigenvalue weighted by Gasteiger charge is -2.19. The summed E-state index contributed by atoms with van der Waals surface area (Å²) in [6.45, 7) is 3.99. The summed E-state index contributed by atoms with van der Waals surface area (Å²) < 4.78 is 5.38. The largest absolute Gasteiger partial charge is 0.380 e. The maximum Gasteiger partial charge on any atom is 0.293 e. The summed E-state index contributed by atoms with van der Waals surface area (Å²) >= 11 is 0. The number of nitro groups is 1. The highest BCUT2D eigenvalue weighted by Crippen LogP contribution is 2.25. The van der Waals surface area contributed by atoms with Gasteiger partial charge in [0.25, 0.3) is 5.69 Å². The van der Waals surface area contributed by atoms with Gasteiger partial charge in [-0.05, 0) is 18.1 Å². The number of nitrogens with one attached hydrogen (secondary N) is 1. The van der Waals surface area contributed by atoms with Gasteiger partial charge in [-0.3, -0.25) is 20.9 Å². The lowest BCUT2D eigenvalue weighted by Crippen LogP contribution is -2.25. The minimum Gasteiger partial charge on any atom is -0.380 e. The van der Waals surface area contributed by atoms with Gasteiger partial charge in [0.05, 0.1) is 11.5 Å². The van der Waals surface area contributed by atoms with Gasteiger partial charge in [-0.2, -0.15) is 0 Å². The van der Waals surface area contributed by atoms with Crippen LogP contribution >= 0.6 is 0 Å². The van der Waals surface area contributed by atoms with Crippen molar-refractivity contribution >= 4 is 11.4 Å². The van der Waals surface area contributed by atoms with Crippen molar-refractivity contribution in [3.63, 3.8) is 0 Å². The van der Waals surface area contributed by atoms with Gasteiger partial charge in [0.2, 0.25) is 0 Å². The smallest absolute Gasteiger partial charge is 0.293 e. The Morgan fingerprint density at radius 2 is 2.26 bits per heavy atom. The first kappa shape index (κ1) is 13.7. The van der Waals surface area contributed by atoms with E-state index in [9.17, 15) is 10.1 Å². The Balaban J connectivity index is 2.11. The molecule has 0 bridgehead atoms. The van der Waals surface area contributed by atoms with Crippen LogP contribution in [0.4, 0.5) is 11.4 Å². The number of rotatable bonds is 4. The fourth-order valence-corrected chi connectivity index (χ4v) is 2.16. The summed E-state index contributed by atoms with van der Waals surface area (Å²) in [5.41, 5.74) is 3.58. The van der Waals surface area contributed by atoms with E-state index in [4.69, 9.17) is 10.6 Å². The van der Waals surface area contributed by atoms with E-state index in [2.05, 4.69) is 10.3 Å². The van der Waals surface area contributed by atoms with Crippen LogP contribution in [0.15, 0.2) is 18.2 Å². The average Bonchev–Trinajstić information content (AvgIpc) is 2.67. The van der Waals surface area contributed by atoms with E-state index in [1.54, 1.807) is 12.1 Å². The van der Waals surface area contributed by atoms with Crippen LogP contribution < -0.4 is 11.3 Å². The zero-order chi connectivity index (χ0) is 13.7. The predicted octanol–water partition coefficient (Wildman–Crippen LogP) is 1.10. The first-order chi connectivity index (χ1) is 9.20. The SMILES string of the molecule is NNc1ccc(CN2CCCOCC2)cc1[N+](=O)[O-]. The van der Waals surface area contributed by atoms with Crippen molar-refractivity contribution in [3.8, 4) is 0 Å². The zero-order valence-corrected chi connectivity index (χ0v) is 10.7. The molecule has 19 heavy (non-hydrogen) atoms. The lowest BCUT2D eigenvalue weighted by atomic mass is 10.1. The van der Waals surface area contributed by atoms with E-state index in [-0.39, 0.29) is 5.69 Å². The number of nitrogen functional groups attached to an aromatic ring is 1. The maximum atomic E-state index is 11.0. The summed E-state index contributed by atoms with van der Waals surface area (Å²) in [5.74, 6) is 5.26. The van der Waals surface area contributed by atoms with Crippen LogP contribution in [0.25, 0.3) is 0 Å². The minimum atomic E-state index is -0.426. The van der Waals surface area contributed by atoms with Crippen molar-refractivity contribution in [1.29, 1.82) is 0 Å². The van der Waals surface area contributed by atoms with E-state index in [0.717, 1.165) is 31.7 Å². The second-order valence-corrected chi connectivity index (χ2v) is 4.50. The molecule has 1 fully saturated rings. The van der Waals surface area contributed by atoms with Gasteiger partial charge in [0.15, 0.2) is 0 Å². The second-order valence-electron chi connectivity index (χ2n) is 4.50. The van der Waals surface area contributed by atoms with E-state index in [1.807, 2.05) is 6.07 Å². The van der Waals surface area contributed by atoms with Crippen molar-refractivity contribution in [3.05, 3.63) is 33.9 Å². The van der Waals surface area contributed by atoms with Crippen molar-refractivity contribution in [2.45, 2.75) is 13.0 Å². The first-order valence-corrected chi connectivity index (χ1v) is 6.25. The number of nitro benzene ring substituents is 1. The van der Waals surface area contributed by atoms with Crippen LogP contribution in [0.5, 0.6) is 0 Å². The molecule has 0 spiro atoms. The van der Waals surface area contributed by atoms with Gasteiger partial charge >= 0.3 is 0 Å². The van der Waals surface area contributed by atoms with Crippen LogP contribution in [0, 0.1) is 10.1 Å². The number of anilines is 1. The number of hydrazine groups is 1. The summed E-state index contributed by atoms with van der Waals surface area (Å²) in [4.78, 5) is 12.8. The molecule has 7 nitrogen and oxygen atoms in total. The quantitative estimate of drug-likeness (QED) is 0.481. The number of ether oxygens (including phenoxy) is 1. The highest BCUT2D eigenvalue weighted by atomic mass is 16.6. The van der Waals surface area contributed by atoms with Gasteiger partial charge in [-0.15, -0.1) is 0 Å². The van der Waals surface area contributed by atoms with Crippen molar-refractivity contribution in [2.24, 2.45) is 5.84 Å². The standard InChI is InChI=1S/C12H18N4O3/c13-14-11-3-2-10(8-12(11)16(17)18)9-15-4-1-6-19-7-5-15/h2-3,8,14H,1,4-7,9,13H2. The minimum absolute atomic E-state index is 0.00562. The van der Waals surface area contributed by atoms with E-state index < -0.39 is 4.92 Å². The Labute approximate surface area is 111 Å². The summed E-state index contributed by atoms with van der Waals surface area (Å²) in [6, 6.07) is 5.07. The maximum absolute atomic E-state index is 11.0. The van der Waals surface area contributed by atoms with E-state index >= 15 is 0 Å². The highest BCUT2D eigenvalue weighted by Gasteiger charge is 2.16. The molecule has 104 valence electrons. The monoisotopic (exact) mass is 266 g/mol. The molecule has 3 N–H and O–H groups in total. The topological polar surface area (TPSA) is 93.7 Å². The third-order valence-electron chi connectivity index (χ3n) is 3.14. The van der Waals surface area contributed by atoms with Crippen molar-refractivity contribution in [2.75, 3.05) is 31.7 Å². The molecule has 0 aromatic heterocycles. The Bertz CT molecular complexity index is 445. The van der Waals surface area contributed by atoms with Crippen LogP contribution in [0.1, 0.15) is 12.0 Å². The molecule has 1 saturated heterocycles. The molecular weight excluding hydrogens is 248 g/mol. The zero-order valence-electron chi connectivity index (χ0n) is 10.7. The Morgan fingerprint density at radius 1 is 1.42 bits per heavy atom. The molecular formula is C12H18N4O3. The molecule has 0 unspecified atom stereocenters.